The molecule has 1 aliphatic carbocycles. The number of aliphatic carboxylic acids is 1. The SMILES string of the molecule is CC(NC(=O)c1cnc(Cl)c(Cl)c1)(C(=O)O)C1CC1. The van der Waals surface area contributed by atoms with Crippen molar-refractivity contribution < 1.29 is 14.7 Å². The molecule has 0 bridgehead atoms. The number of aromatic nitrogens is 1. The highest BCUT2D eigenvalue weighted by Gasteiger charge is 2.48. The lowest BCUT2D eigenvalue weighted by molar-refractivity contribution is -0.144. The molecule has 1 amide bonds. The Balaban J connectivity index is 2.20. The highest BCUT2D eigenvalue weighted by Crippen LogP contribution is 2.39. The maximum Gasteiger partial charge on any atom is 0.329 e. The van der Waals surface area contributed by atoms with Crippen LogP contribution in [0.5, 0.6) is 0 Å². The second-order valence-corrected chi connectivity index (χ2v) is 5.50. The molecule has 1 aliphatic rings. The second kappa shape index (κ2) is 4.98. The van der Waals surface area contributed by atoms with E-state index in [2.05, 4.69) is 10.3 Å². The molecular weight excluding hydrogens is 291 g/mol. The number of hydrogen-bond acceptors (Lipinski definition) is 3. The number of rotatable bonds is 4. The molecule has 1 fully saturated rings. The lowest BCUT2D eigenvalue weighted by atomic mass is 9.95. The van der Waals surface area contributed by atoms with Gasteiger partial charge < -0.3 is 10.4 Å². The monoisotopic (exact) mass is 302 g/mol. The smallest absolute Gasteiger partial charge is 0.329 e. The van der Waals surface area contributed by atoms with Gasteiger partial charge in [-0.25, -0.2) is 9.78 Å². The zero-order chi connectivity index (χ0) is 14.2. The van der Waals surface area contributed by atoms with Crippen LogP contribution in [0.3, 0.4) is 0 Å². The molecule has 1 heterocycles. The van der Waals surface area contributed by atoms with Gasteiger partial charge in [0, 0.05) is 6.20 Å². The number of carbonyl (C=O) groups excluding carboxylic acids is 1. The highest BCUT2D eigenvalue weighted by molar-refractivity contribution is 6.41. The van der Waals surface area contributed by atoms with Gasteiger partial charge in [0.15, 0.2) is 0 Å². The number of hydrogen-bond donors (Lipinski definition) is 2. The Hall–Kier alpha value is -1.33. The number of pyridine rings is 1. The summed E-state index contributed by atoms with van der Waals surface area (Å²) in [6, 6.07) is 1.36. The predicted octanol–water partition coefficient (Wildman–Crippen LogP) is 2.37. The quantitative estimate of drug-likeness (QED) is 0.837. The van der Waals surface area contributed by atoms with Crippen molar-refractivity contribution in [1.82, 2.24) is 10.3 Å². The lowest BCUT2D eigenvalue weighted by Crippen LogP contribution is -2.54. The number of halogens is 2. The van der Waals surface area contributed by atoms with Gasteiger partial charge in [0.25, 0.3) is 5.91 Å². The van der Waals surface area contributed by atoms with Gasteiger partial charge in [-0.05, 0) is 31.7 Å². The van der Waals surface area contributed by atoms with E-state index in [1.807, 2.05) is 0 Å². The molecule has 0 spiro atoms. The minimum atomic E-state index is -1.26. The molecule has 2 rings (SSSR count). The van der Waals surface area contributed by atoms with Gasteiger partial charge >= 0.3 is 5.97 Å². The third-order valence-electron chi connectivity index (χ3n) is 3.27. The minimum absolute atomic E-state index is 0.0373. The number of nitrogens with one attached hydrogen (secondary N) is 1. The first-order valence-electron chi connectivity index (χ1n) is 5.71. The first kappa shape index (κ1) is 14.1. The van der Waals surface area contributed by atoms with Gasteiger partial charge in [-0.1, -0.05) is 23.2 Å². The Morgan fingerprint density at radius 1 is 1.47 bits per heavy atom. The van der Waals surface area contributed by atoms with Gasteiger partial charge in [-0.2, -0.15) is 0 Å². The standard InChI is InChI=1S/C12H12Cl2N2O3/c1-12(11(18)19,7-2-3-7)16-10(17)6-4-8(13)9(14)15-5-6/h4-5,7H,2-3H2,1H3,(H,16,17)(H,18,19). The molecular formula is C12H12Cl2N2O3. The molecule has 102 valence electrons. The summed E-state index contributed by atoms with van der Waals surface area (Å²) in [6.07, 6.45) is 2.85. The van der Waals surface area contributed by atoms with E-state index in [1.54, 1.807) is 0 Å². The summed E-state index contributed by atoms with van der Waals surface area (Å²) >= 11 is 11.4. The molecule has 1 aromatic heterocycles. The zero-order valence-electron chi connectivity index (χ0n) is 10.1. The average Bonchev–Trinajstić information content (AvgIpc) is 3.16. The van der Waals surface area contributed by atoms with E-state index in [9.17, 15) is 14.7 Å². The predicted molar refractivity (Wildman–Crippen MR) is 70.5 cm³/mol. The van der Waals surface area contributed by atoms with Crippen LogP contribution in [0.2, 0.25) is 10.2 Å². The van der Waals surface area contributed by atoms with E-state index >= 15 is 0 Å². The van der Waals surface area contributed by atoms with E-state index in [0.717, 1.165) is 12.8 Å². The van der Waals surface area contributed by atoms with E-state index < -0.39 is 17.4 Å². The van der Waals surface area contributed by atoms with Crippen LogP contribution >= 0.6 is 23.2 Å². The van der Waals surface area contributed by atoms with E-state index in [4.69, 9.17) is 23.2 Å². The molecule has 0 radical (unpaired) electrons. The number of carbonyl (C=O) groups is 2. The Morgan fingerprint density at radius 3 is 2.58 bits per heavy atom. The van der Waals surface area contributed by atoms with Gasteiger partial charge in [0.05, 0.1) is 10.6 Å². The molecule has 19 heavy (non-hydrogen) atoms. The van der Waals surface area contributed by atoms with Crippen LogP contribution in [0.15, 0.2) is 12.3 Å². The minimum Gasteiger partial charge on any atom is -0.480 e. The summed E-state index contributed by atoms with van der Waals surface area (Å²) in [4.78, 5) is 27.1. The molecule has 0 aliphatic heterocycles. The molecule has 7 heteroatoms. The molecule has 1 aromatic rings. The molecule has 0 saturated heterocycles. The molecule has 1 unspecified atom stereocenters. The number of carboxylic acid groups (broad SMARTS) is 1. The van der Waals surface area contributed by atoms with Crippen molar-refractivity contribution in [3.63, 3.8) is 0 Å². The first-order valence-corrected chi connectivity index (χ1v) is 6.47. The van der Waals surface area contributed by atoms with Crippen molar-refractivity contribution in [2.24, 2.45) is 5.92 Å². The number of amides is 1. The number of nitrogens with zero attached hydrogens (tertiary/aromatic N) is 1. The molecule has 0 aromatic carbocycles. The second-order valence-electron chi connectivity index (χ2n) is 4.73. The van der Waals surface area contributed by atoms with Crippen LogP contribution in [0, 0.1) is 5.92 Å². The van der Waals surface area contributed by atoms with Crippen LogP contribution in [-0.2, 0) is 4.79 Å². The third kappa shape index (κ3) is 2.82. The van der Waals surface area contributed by atoms with Crippen LogP contribution in [0.1, 0.15) is 30.1 Å². The van der Waals surface area contributed by atoms with Crippen LogP contribution < -0.4 is 5.32 Å². The topological polar surface area (TPSA) is 79.3 Å². The summed E-state index contributed by atoms with van der Waals surface area (Å²) in [7, 11) is 0. The highest BCUT2D eigenvalue weighted by atomic mass is 35.5. The maximum absolute atomic E-state index is 12.0. The van der Waals surface area contributed by atoms with Crippen molar-refractivity contribution >= 4 is 35.1 Å². The Bertz CT molecular complexity index is 546. The zero-order valence-corrected chi connectivity index (χ0v) is 11.6. The molecule has 5 nitrogen and oxygen atoms in total. The Morgan fingerprint density at radius 2 is 2.11 bits per heavy atom. The third-order valence-corrected chi connectivity index (χ3v) is 3.96. The lowest BCUT2D eigenvalue weighted by Gasteiger charge is -2.26. The van der Waals surface area contributed by atoms with Crippen molar-refractivity contribution in [3.8, 4) is 0 Å². The van der Waals surface area contributed by atoms with Crippen molar-refractivity contribution in [2.45, 2.75) is 25.3 Å². The van der Waals surface area contributed by atoms with Crippen molar-refractivity contribution in [3.05, 3.63) is 28.0 Å². The van der Waals surface area contributed by atoms with Crippen LogP contribution in [0.25, 0.3) is 0 Å². The number of carboxylic acids is 1. The maximum atomic E-state index is 12.0. The molecule has 2 N–H and O–H groups in total. The average molecular weight is 303 g/mol. The van der Waals surface area contributed by atoms with Gasteiger partial charge in [0.1, 0.15) is 10.7 Å². The Labute approximate surface area is 119 Å². The van der Waals surface area contributed by atoms with E-state index in [0.29, 0.717) is 0 Å². The first-order chi connectivity index (χ1) is 8.84. The fourth-order valence-electron chi connectivity index (χ4n) is 1.84. The summed E-state index contributed by atoms with van der Waals surface area (Å²) in [5.74, 6) is -1.61. The van der Waals surface area contributed by atoms with Crippen LogP contribution in [0.4, 0.5) is 0 Å². The summed E-state index contributed by atoms with van der Waals surface area (Å²) in [5, 5.41) is 12.0. The normalized spacial score (nSPS) is 17.6. The summed E-state index contributed by atoms with van der Waals surface area (Å²) in [5.41, 5.74) is -1.08. The summed E-state index contributed by atoms with van der Waals surface area (Å²) in [6.45, 7) is 1.51. The Kier molecular flexibility index (Phi) is 3.69. The van der Waals surface area contributed by atoms with E-state index in [-0.39, 0.29) is 21.7 Å². The van der Waals surface area contributed by atoms with Gasteiger partial charge in [-0.15, -0.1) is 0 Å². The van der Waals surface area contributed by atoms with E-state index in [1.165, 1.54) is 19.2 Å². The largest absolute Gasteiger partial charge is 0.480 e. The molecule has 1 saturated carbocycles. The summed E-state index contributed by atoms with van der Waals surface area (Å²) < 4.78 is 0. The van der Waals surface area contributed by atoms with Crippen molar-refractivity contribution in [2.75, 3.05) is 0 Å². The molecule has 1 atom stereocenters. The fraction of sp³-hybridized carbons (Fsp3) is 0.417. The van der Waals surface area contributed by atoms with Crippen LogP contribution in [-0.4, -0.2) is 27.5 Å². The van der Waals surface area contributed by atoms with Gasteiger partial charge in [0.2, 0.25) is 0 Å². The van der Waals surface area contributed by atoms with Crippen molar-refractivity contribution in [1.29, 1.82) is 0 Å². The fourth-order valence-corrected chi connectivity index (χ4v) is 2.11. The van der Waals surface area contributed by atoms with Gasteiger partial charge in [-0.3, -0.25) is 4.79 Å².